The van der Waals surface area contributed by atoms with E-state index >= 15 is 0 Å². The molecule has 0 atom stereocenters. The van der Waals surface area contributed by atoms with Gasteiger partial charge >= 0.3 is 0 Å². The van der Waals surface area contributed by atoms with E-state index in [1.54, 1.807) is 0 Å². The Labute approximate surface area is 118 Å². The van der Waals surface area contributed by atoms with Crippen molar-refractivity contribution in [2.45, 2.75) is 57.0 Å². The molecule has 0 spiro atoms. The summed E-state index contributed by atoms with van der Waals surface area (Å²) in [6.45, 7) is 1.64. The summed E-state index contributed by atoms with van der Waals surface area (Å²) >= 11 is 1.49. The molecule has 1 aromatic rings. The highest BCUT2D eigenvalue weighted by molar-refractivity contribution is 7.10. The van der Waals surface area contributed by atoms with Crippen LogP contribution >= 0.6 is 11.5 Å². The molecule has 3 N–H and O–H groups in total. The Morgan fingerprint density at radius 1 is 1.21 bits per heavy atom. The Morgan fingerprint density at radius 3 is 2.74 bits per heavy atom. The van der Waals surface area contributed by atoms with E-state index < -0.39 is 0 Å². The molecule has 0 aromatic carbocycles. The van der Waals surface area contributed by atoms with Crippen molar-refractivity contribution in [1.82, 2.24) is 4.37 Å². The Morgan fingerprint density at radius 2 is 2.00 bits per heavy atom. The van der Waals surface area contributed by atoms with Gasteiger partial charge in [0.25, 0.3) is 0 Å². The Bertz CT molecular complexity index is 411. The van der Waals surface area contributed by atoms with Crippen LogP contribution in [0.3, 0.4) is 0 Å². The van der Waals surface area contributed by atoms with Crippen LogP contribution in [-0.2, 0) is 4.74 Å². The van der Waals surface area contributed by atoms with Crippen LogP contribution in [0.1, 0.15) is 56.4 Å². The minimum Gasteiger partial charge on any atom is -0.383 e. The molecule has 1 heterocycles. The maximum Gasteiger partial charge on any atom is 0.142 e. The standard InChI is InChI=1S/C14H23N3OS/c15-13-12(10-6-7-10)14(19-17-13)16-8-9-18-11-4-2-1-3-5-11/h10-11,16H,1-9H2,(H2,15,17). The fourth-order valence-corrected chi connectivity index (χ4v) is 3.65. The molecular weight excluding hydrogens is 258 g/mol. The number of anilines is 2. The van der Waals surface area contributed by atoms with Crippen molar-refractivity contribution in [3.8, 4) is 0 Å². The molecule has 2 fully saturated rings. The van der Waals surface area contributed by atoms with Crippen molar-refractivity contribution in [3.63, 3.8) is 0 Å². The summed E-state index contributed by atoms with van der Waals surface area (Å²) in [6, 6.07) is 0. The minimum absolute atomic E-state index is 0.491. The molecule has 2 aliphatic carbocycles. The first-order valence-electron chi connectivity index (χ1n) is 7.45. The highest BCUT2D eigenvalue weighted by Gasteiger charge is 2.30. The molecule has 0 radical (unpaired) electrons. The zero-order valence-electron chi connectivity index (χ0n) is 11.4. The van der Waals surface area contributed by atoms with Crippen LogP contribution in [0.15, 0.2) is 0 Å². The number of ether oxygens (including phenoxy) is 1. The molecule has 19 heavy (non-hydrogen) atoms. The first-order valence-corrected chi connectivity index (χ1v) is 8.22. The number of rotatable bonds is 6. The predicted octanol–water partition coefficient (Wildman–Crippen LogP) is 3.36. The third-order valence-corrected chi connectivity index (χ3v) is 4.87. The molecule has 0 saturated heterocycles. The third-order valence-electron chi connectivity index (χ3n) is 4.03. The SMILES string of the molecule is Nc1nsc(NCCOC2CCCCC2)c1C1CC1. The van der Waals surface area contributed by atoms with Crippen LogP contribution in [-0.4, -0.2) is 23.6 Å². The van der Waals surface area contributed by atoms with Crippen LogP contribution in [0.4, 0.5) is 10.8 Å². The number of hydrogen-bond donors (Lipinski definition) is 2. The van der Waals surface area contributed by atoms with Crippen LogP contribution in [0.25, 0.3) is 0 Å². The molecule has 0 aliphatic heterocycles. The van der Waals surface area contributed by atoms with Crippen molar-refractivity contribution in [3.05, 3.63) is 5.56 Å². The average Bonchev–Trinajstić information content (AvgIpc) is 3.20. The van der Waals surface area contributed by atoms with Crippen molar-refractivity contribution in [1.29, 1.82) is 0 Å². The Balaban J connectivity index is 1.42. The lowest BCUT2D eigenvalue weighted by molar-refractivity contribution is 0.0348. The zero-order valence-corrected chi connectivity index (χ0v) is 12.2. The lowest BCUT2D eigenvalue weighted by Gasteiger charge is -2.22. The van der Waals surface area contributed by atoms with Crippen molar-refractivity contribution in [2.24, 2.45) is 0 Å². The number of nitrogens with zero attached hydrogens (tertiary/aromatic N) is 1. The van der Waals surface area contributed by atoms with E-state index in [1.165, 1.54) is 62.0 Å². The fourth-order valence-electron chi connectivity index (χ4n) is 2.83. The molecule has 0 bridgehead atoms. The summed E-state index contributed by atoms with van der Waals surface area (Å²) in [5.41, 5.74) is 7.18. The second kappa shape index (κ2) is 6.09. The lowest BCUT2D eigenvalue weighted by Crippen LogP contribution is -2.20. The predicted molar refractivity (Wildman–Crippen MR) is 79.8 cm³/mol. The average molecular weight is 281 g/mol. The molecule has 106 valence electrons. The number of nitrogens with two attached hydrogens (primary N) is 1. The quantitative estimate of drug-likeness (QED) is 0.785. The molecule has 1 aromatic heterocycles. The summed E-state index contributed by atoms with van der Waals surface area (Å²) in [4.78, 5) is 0. The van der Waals surface area contributed by atoms with E-state index in [4.69, 9.17) is 10.5 Å². The van der Waals surface area contributed by atoms with Gasteiger partial charge in [-0.25, -0.2) is 0 Å². The number of nitrogen functional groups attached to an aromatic ring is 1. The maximum absolute atomic E-state index is 5.93. The first-order chi connectivity index (χ1) is 9.34. The molecule has 5 heteroatoms. The van der Waals surface area contributed by atoms with Gasteiger partial charge in [-0.3, -0.25) is 0 Å². The monoisotopic (exact) mass is 281 g/mol. The Hall–Kier alpha value is -0.810. The van der Waals surface area contributed by atoms with Crippen LogP contribution < -0.4 is 11.1 Å². The van der Waals surface area contributed by atoms with E-state index in [0.29, 0.717) is 12.0 Å². The van der Waals surface area contributed by atoms with Crippen LogP contribution in [0, 0.1) is 0 Å². The second-order valence-electron chi connectivity index (χ2n) is 5.64. The number of hydrogen-bond acceptors (Lipinski definition) is 5. The van der Waals surface area contributed by atoms with E-state index in [2.05, 4.69) is 9.69 Å². The highest BCUT2D eigenvalue weighted by Crippen LogP contribution is 2.47. The zero-order chi connectivity index (χ0) is 13.1. The van der Waals surface area contributed by atoms with Gasteiger partial charge in [0.2, 0.25) is 0 Å². The fraction of sp³-hybridized carbons (Fsp3) is 0.786. The highest BCUT2D eigenvalue weighted by atomic mass is 32.1. The van der Waals surface area contributed by atoms with E-state index in [0.717, 1.165) is 24.0 Å². The minimum atomic E-state index is 0.491. The van der Waals surface area contributed by atoms with Gasteiger partial charge in [0.1, 0.15) is 10.8 Å². The van der Waals surface area contributed by atoms with Gasteiger partial charge < -0.3 is 15.8 Å². The van der Waals surface area contributed by atoms with Crippen LogP contribution in [0.2, 0.25) is 0 Å². The molecule has 4 nitrogen and oxygen atoms in total. The van der Waals surface area contributed by atoms with Crippen molar-refractivity contribution < 1.29 is 4.74 Å². The summed E-state index contributed by atoms with van der Waals surface area (Å²) in [6.07, 6.45) is 9.52. The maximum atomic E-state index is 5.93. The third kappa shape index (κ3) is 3.39. The molecule has 0 amide bonds. The second-order valence-corrected chi connectivity index (χ2v) is 6.42. The summed E-state index contributed by atoms with van der Waals surface area (Å²) in [7, 11) is 0. The van der Waals surface area contributed by atoms with Gasteiger partial charge in [-0.1, -0.05) is 19.3 Å². The number of aromatic nitrogens is 1. The largest absolute Gasteiger partial charge is 0.383 e. The van der Waals surface area contributed by atoms with Gasteiger partial charge in [-0.15, -0.1) is 0 Å². The summed E-state index contributed by atoms with van der Waals surface area (Å²) < 4.78 is 10.2. The van der Waals surface area contributed by atoms with E-state index in [9.17, 15) is 0 Å². The molecular formula is C14H23N3OS. The van der Waals surface area contributed by atoms with E-state index in [1.807, 2.05) is 0 Å². The molecule has 3 rings (SSSR count). The summed E-state index contributed by atoms with van der Waals surface area (Å²) in [5.74, 6) is 1.38. The van der Waals surface area contributed by atoms with Gasteiger partial charge in [0.05, 0.1) is 12.7 Å². The lowest BCUT2D eigenvalue weighted by atomic mass is 9.98. The van der Waals surface area contributed by atoms with Gasteiger partial charge in [0, 0.05) is 12.1 Å². The smallest absolute Gasteiger partial charge is 0.142 e. The normalized spacial score (nSPS) is 20.6. The molecule has 0 unspecified atom stereocenters. The van der Waals surface area contributed by atoms with Crippen molar-refractivity contribution >= 4 is 22.4 Å². The molecule has 2 aliphatic rings. The van der Waals surface area contributed by atoms with Crippen molar-refractivity contribution in [2.75, 3.05) is 24.2 Å². The number of nitrogens with one attached hydrogen (secondary N) is 1. The topological polar surface area (TPSA) is 60.2 Å². The molecule has 2 saturated carbocycles. The van der Waals surface area contributed by atoms with Crippen LogP contribution in [0.5, 0.6) is 0 Å². The van der Waals surface area contributed by atoms with Gasteiger partial charge in [0.15, 0.2) is 0 Å². The summed E-state index contributed by atoms with van der Waals surface area (Å²) in [5, 5.41) is 4.61. The Kier molecular flexibility index (Phi) is 4.23. The van der Waals surface area contributed by atoms with E-state index in [-0.39, 0.29) is 0 Å². The van der Waals surface area contributed by atoms with Gasteiger partial charge in [-0.05, 0) is 43.1 Å². The first kappa shape index (κ1) is 13.2. The van der Waals surface area contributed by atoms with Gasteiger partial charge in [-0.2, -0.15) is 4.37 Å².